The van der Waals surface area contributed by atoms with E-state index in [0.717, 1.165) is 10.7 Å². The van der Waals surface area contributed by atoms with Crippen LogP contribution in [0.5, 0.6) is 0 Å². The number of nitrogens with one attached hydrogen (secondary N) is 1. The van der Waals surface area contributed by atoms with Gasteiger partial charge in [0.15, 0.2) is 0 Å². The molecule has 27 heavy (non-hydrogen) atoms. The maximum Gasteiger partial charge on any atom is 0.243 e. The zero-order valence-corrected chi connectivity index (χ0v) is 17.5. The Morgan fingerprint density at radius 3 is 2.37 bits per heavy atom. The van der Waals surface area contributed by atoms with Gasteiger partial charge in [-0.25, -0.2) is 8.42 Å². The lowest BCUT2D eigenvalue weighted by atomic mass is 10.2. The number of amides is 1. The second-order valence-electron chi connectivity index (χ2n) is 6.23. The molecule has 1 amide bonds. The number of hydrogen-bond acceptors (Lipinski definition) is 3. The maximum atomic E-state index is 13.1. The molecule has 0 heterocycles. The average molecular weight is 429 g/mol. The van der Waals surface area contributed by atoms with Gasteiger partial charge in [-0.15, -0.1) is 0 Å². The van der Waals surface area contributed by atoms with Gasteiger partial charge in [0.05, 0.1) is 11.4 Å². The summed E-state index contributed by atoms with van der Waals surface area (Å²) in [6.07, 6.45) is 0.754. The Bertz CT molecular complexity index is 886. The summed E-state index contributed by atoms with van der Waals surface area (Å²) in [5.74, 6) is -0.357. The molecule has 0 aliphatic carbocycles. The summed E-state index contributed by atoms with van der Waals surface area (Å²) in [6, 6.07) is 12.7. The summed E-state index contributed by atoms with van der Waals surface area (Å²) < 4.78 is 27.3. The van der Waals surface area contributed by atoms with Crippen LogP contribution in [0.25, 0.3) is 0 Å². The number of hydrogen-bond donors (Lipinski definition) is 1. The van der Waals surface area contributed by atoms with Crippen molar-refractivity contribution >= 4 is 39.1 Å². The maximum absolute atomic E-state index is 13.1. The van der Waals surface area contributed by atoms with Gasteiger partial charge in [-0.3, -0.25) is 4.79 Å². The third kappa shape index (κ3) is 6.21. The van der Waals surface area contributed by atoms with Crippen molar-refractivity contribution in [1.82, 2.24) is 9.62 Å². The number of carbonyl (C=O) groups excluding carboxylic acids is 1. The zero-order valence-electron chi connectivity index (χ0n) is 15.2. The first-order valence-electron chi connectivity index (χ1n) is 8.52. The van der Waals surface area contributed by atoms with Crippen LogP contribution < -0.4 is 5.32 Å². The fourth-order valence-electron chi connectivity index (χ4n) is 2.40. The molecule has 0 fully saturated rings. The van der Waals surface area contributed by atoms with Crippen molar-refractivity contribution in [2.24, 2.45) is 0 Å². The number of nitrogens with zero attached hydrogens (tertiary/aromatic N) is 1. The summed E-state index contributed by atoms with van der Waals surface area (Å²) in [7, 11) is -3.90. The number of halogens is 2. The van der Waals surface area contributed by atoms with Crippen LogP contribution in [0.3, 0.4) is 0 Å². The van der Waals surface area contributed by atoms with Gasteiger partial charge in [-0.1, -0.05) is 42.3 Å². The standard InChI is InChI=1S/C19H22Cl2N2O3S/c1-3-14(2)22-19(24)13-23(12-15-5-4-6-17(21)11-15)27(25,26)18-9-7-16(20)8-10-18/h4-11,14H,3,12-13H2,1-2H3,(H,22,24)/t14-/m0/s1. The third-order valence-electron chi connectivity index (χ3n) is 4.04. The molecule has 0 aliphatic rings. The van der Waals surface area contributed by atoms with E-state index in [1.54, 1.807) is 24.3 Å². The summed E-state index contributed by atoms with van der Waals surface area (Å²) in [5, 5.41) is 3.73. The van der Waals surface area contributed by atoms with Crippen LogP contribution in [0.4, 0.5) is 0 Å². The Morgan fingerprint density at radius 1 is 1.11 bits per heavy atom. The fourth-order valence-corrected chi connectivity index (χ4v) is 4.13. The zero-order chi connectivity index (χ0) is 20.0. The van der Waals surface area contributed by atoms with E-state index < -0.39 is 10.0 Å². The van der Waals surface area contributed by atoms with E-state index in [1.807, 2.05) is 13.8 Å². The summed E-state index contributed by atoms with van der Waals surface area (Å²) in [5.41, 5.74) is 0.691. The molecule has 0 aliphatic heterocycles. The monoisotopic (exact) mass is 428 g/mol. The minimum atomic E-state index is -3.90. The molecule has 146 valence electrons. The fraction of sp³-hybridized carbons (Fsp3) is 0.316. The van der Waals surface area contributed by atoms with Crippen molar-refractivity contribution in [3.05, 3.63) is 64.1 Å². The van der Waals surface area contributed by atoms with Crippen LogP contribution in [0.1, 0.15) is 25.8 Å². The highest BCUT2D eigenvalue weighted by molar-refractivity contribution is 7.89. The lowest BCUT2D eigenvalue weighted by molar-refractivity contribution is -0.122. The first kappa shape index (κ1) is 21.7. The minimum absolute atomic E-state index is 0.0272. The number of rotatable bonds is 8. The summed E-state index contributed by atoms with van der Waals surface area (Å²) in [4.78, 5) is 12.4. The quantitative estimate of drug-likeness (QED) is 0.687. The smallest absolute Gasteiger partial charge is 0.243 e. The van der Waals surface area contributed by atoms with Crippen molar-refractivity contribution in [1.29, 1.82) is 0 Å². The largest absolute Gasteiger partial charge is 0.353 e. The Labute approximate surface area is 170 Å². The third-order valence-corrected chi connectivity index (χ3v) is 6.33. The van der Waals surface area contributed by atoms with E-state index in [4.69, 9.17) is 23.2 Å². The lowest BCUT2D eigenvalue weighted by Gasteiger charge is -2.23. The molecule has 0 unspecified atom stereocenters. The van der Waals surface area contributed by atoms with Gasteiger partial charge in [-0.2, -0.15) is 4.31 Å². The van der Waals surface area contributed by atoms with Crippen LogP contribution in [0.2, 0.25) is 10.0 Å². The first-order valence-corrected chi connectivity index (χ1v) is 10.7. The van der Waals surface area contributed by atoms with Crippen LogP contribution in [-0.2, 0) is 21.4 Å². The lowest BCUT2D eigenvalue weighted by Crippen LogP contribution is -2.43. The normalized spacial score (nSPS) is 12.8. The molecule has 8 heteroatoms. The molecule has 0 radical (unpaired) electrons. The molecule has 2 aromatic carbocycles. The Hall–Kier alpha value is -1.60. The molecule has 5 nitrogen and oxygen atoms in total. The highest BCUT2D eigenvalue weighted by atomic mass is 35.5. The molecule has 1 N–H and O–H groups in total. The number of sulfonamides is 1. The summed E-state index contributed by atoms with van der Waals surface area (Å²) >= 11 is 11.9. The molecule has 2 aromatic rings. The van der Waals surface area contributed by atoms with Gasteiger partial charge in [0.2, 0.25) is 15.9 Å². The van der Waals surface area contributed by atoms with Gasteiger partial charge >= 0.3 is 0 Å². The number of benzene rings is 2. The Morgan fingerprint density at radius 2 is 1.78 bits per heavy atom. The molecule has 1 atom stereocenters. The average Bonchev–Trinajstić information content (AvgIpc) is 2.61. The molecule has 0 aromatic heterocycles. The van der Waals surface area contributed by atoms with Crippen molar-refractivity contribution in [3.63, 3.8) is 0 Å². The van der Waals surface area contributed by atoms with E-state index in [-0.39, 0.29) is 29.9 Å². The molecule has 0 saturated carbocycles. The van der Waals surface area contributed by atoms with Gasteiger partial charge < -0.3 is 5.32 Å². The van der Waals surface area contributed by atoms with Crippen LogP contribution in [0, 0.1) is 0 Å². The highest BCUT2D eigenvalue weighted by Gasteiger charge is 2.27. The van der Waals surface area contributed by atoms with Crippen LogP contribution in [0.15, 0.2) is 53.4 Å². The SMILES string of the molecule is CC[C@H](C)NC(=O)CN(Cc1cccc(Cl)c1)S(=O)(=O)c1ccc(Cl)cc1. The van der Waals surface area contributed by atoms with E-state index in [1.165, 1.54) is 24.3 Å². The minimum Gasteiger partial charge on any atom is -0.353 e. The second-order valence-corrected chi connectivity index (χ2v) is 9.04. The van der Waals surface area contributed by atoms with Gasteiger partial charge in [0.1, 0.15) is 0 Å². The first-order chi connectivity index (χ1) is 12.7. The number of carbonyl (C=O) groups is 1. The van der Waals surface area contributed by atoms with E-state index >= 15 is 0 Å². The molecule has 0 bridgehead atoms. The second kappa shape index (κ2) is 9.55. The summed E-state index contributed by atoms with van der Waals surface area (Å²) in [6.45, 7) is 3.55. The van der Waals surface area contributed by atoms with E-state index in [9.17, 15) is 13.2 Å². The molecule has 2 rings (SSSR count). The van der Waals surface area contributed by atoms with E-state index in [0.29, 0.717) is 15.6 Å². The van der Waals surface area contributed by atoms with Gasteiger partial charge in [-0.05, 0) is 55.3 Å². The van der Waals surface area contributed by atoms with Crippen molar-refractivity contribution in [3.8, 4) is 0 Å². The van der Waals surface area contributed by atoms with E-state index in [2.05, 4.69) is 5.32 Å². The topological polar surface area (TPSA) is 66.5 Å². The predicted molar refractivity (Wildman–Crippen MR) is 108 cm³/mol. The predicted octanol–water partition coefficient (Wildman–Crippen LogP) is 4.10. The van der Waals surface area contributed by atoms with Gasteiger partial charge in [0, 0.05) is 22.6 Å². The molecule has 0 spiro atoms. The molecule has 0 saturated heterocycles. The Balaban J connectivity index is 2.32. The van der Waals surface area contributed by atoms with Crippen molar-refractivity contribution in [2.45, 2.75) is 37.8 Å². The Kier molecular flexibility index (Phi) is 7.68. The van der Waals surface area contributed by atoms with Crippen LogP contribution >= 0.6 is 23.2 Å². The van der Waals surface area contributed by atoms with Gasteiger partial charge in [0.25, 0.3) is 0 Å². The molecular formula is C19H22Cl2N2O3S. The molecular weight excluding hydrogens is 407 g/mol. The van der Waals surface area contributed by atoms with Crippen LogP contribution in [-0.4, -0.2) is 31.2 Å². The highest BCUT2D eigenvalue weighted by Crippen LogP contribution is 2.21. The van der Waals surface area contributed by atoms with Crippen molar-refractivity contribution in [2.75, 3.05) is 6.54 Å². The van der Waals surface area contributed by atoms with Crippen molar-refractivity contribution < 1.29 is 13.2 Å².